The molecular formula is C14H17FN2O2S2. The van der Waals surface area contributed by atoms with Gasteiger partial charge in [0.05, 0.1) is 0 Å². The Morgan fingerprint density at radius 3 is 2.71 bits per heavy atom. The van der Waals surface area contributed by atoms with Crippen LogP contribution in [-0.2, 0) is 23.1 Å². The third-order valence-corrected chi connectivity index (χ3v) is 5.70. The van der Waals surface area contributed by atoms with Crippen LogP contribution < -0.4 is 5.32 Å². The van der Waals surface area contributed by atoms with Crippen molar-refractivity contribution in [1.29, 1.82) is 0 Å². The minimum atomic E-state index is -3.85. The maximum absolute atomic E-state index is 13.9. The first-order chi connectivity index (χ1) is 9.95. The van der Waals surface area contributed by atoms with E-state index >= 15 is 0 Å². The van der Waals surface area contributed by atoms with Gasteiger partial charge in [0.2, 0.25) is 10.0 Å². The topological polar surface area (TPSA) is 49.4 Å². The van der Waals surface area contributed by atoms with Gasteiger partial charge in [0, 0.05) is 25.0 Å². The van der Waals surface area contributed by atoms with Crippen molar-refractivity contribution in [3.63, 3.8) is 0 Å². The van der Waals surface area contributed by atoms with E-state index < -0.39 is 15.8 Å². The Morgan fingerprint density at radius 2 is 2.10 bits per heavy atom. The van der Waals surface area contributed by atoms with E-state index in [-0.39, 0.29) is 11.4 Å². The number of benzene rings is 1. The predicted molar refractivity (Wildman–Crippen MR) is 82.1 cm³/mol. The summed E-state index contributed by atoms with van der Waals surface area (Å²) in [5.74, 6) is -0.729. The van der Waals surface area contributed by atoms with Crippen LogP contribution in [0.15, 0.2) is 40.6 Å². The highest BCUT2D eigenvalue weighted by Gasteiger charge is 2.25. The number of thiophene rings is 1. The number of halogens is 1. The lowest BCUT2D eigenvalue weighted by molar-refractivity contribution is 0.462. The summed E-state index contributed by atoms with van der Waals surface area (Å²) in [5, 5.41) is 4.80. The van der Waals surface area contributed by atoms with Crippen molar-refractivity contribution in [3.05, 3.63) is 52.0 Å². The van der Waals surface area contributed by atoms with Crippen molar-refractivity contribution in [2.75, 3.05) is 14.1 Å². The number of hydrogen-bond donors (Lipinski definition) is 1. The first-order valence-corrected chi connectivity index (χ1v) is 8.69. The van der Waals surface area contributed by atoms with Crippen LogP contribution in [0.5, 0.6) is 0 Å². The molecular weight excluding hydrogens is 311 g/mol. The Labute approximate surface area is 128 Å². The van der Waals surface area contributed by atoms with E-state index in [1.807, 2.05) is 17.5 Å². The summed E-state index contributed by atoms with van der Waals surface area (Å²) in [4.78, 5) is 0.627. The molecule has 0 saturated carbocycles. The van der Waals surface area contributed by atoms with Crippen molar-refractivity contribution < 1.29 is 12.8 Å². The fraction of sp³-hybridized carbons (Fsp3) is 0.286. The van der Waals surface area contributed by atoms with E-state index in [1.54, 1.807) is 13.1 Å². The molecule has 1 N–H and O–H groups in total. The Hall–Kier alpha value is -1.28. The zero-order valence-corrected chi connectivity index (χ0v) is 13.5. The van der Waals surface area contributed by atoms with Crippen LogP contribution in [0.3, 0.4) is 0 Å². The fourth-order valence-electron chi connectivity index (χ4n) is 1.93. The van der Waals surface area contributed by atoms with Crippen molar-refractivity contribution in [3.8, 4) is 0 Å². The molecule has 0 bridgehead atoms. The van der Waals surface area contributed by atoms with Crippen LogP contribution in [0.4, 0.5) is 4.39 Å². The molecule has 0 aliphatic rings. The van der Waals surface area contributed by atoms with Gasteiger partial charge in [-0.15, -0.1) is 11.3 Å². The summed E-state index contributed by atoms with van der Waals surface area (Å²) in [6.07, 6.45) is 0. The number of nitrogens with zero attached hydrogens (tertiary/aromatic N) is 1. The lowest BCUT2D eigenvalue weighted by Crippen LogP contribution is -2.27. The number of sulfonamides is 1. The molecule has 0 amide bonds. The van der Waals surface area contributed by atoms with E-state index in [0.717, 1.165) is 10.4 Å². The molecule has 0 spiro atoms. The third kappa shape index (κ3) is 3.68. The molecule has 0 radical (unpaired) electrons. The smallest absolute Gasteiger partial charge is 0.246 e. The molecule has 114 valence electrons. The van der Waals surface area contributed by atoms with E-state index in [9.17, 15) is 12.8 Å². The van der Waals surface area contributed by atoms with Crippen molar-refractivity contribution in [2.24, 2.45) is 0 Å². The summed E-state index contributed by atoms with van der Waals surface area (Å²) < 4.78 is 40.1. The molecule has 0 aliphatic heterocycles. The van der Waals surface area contributed by atoms with Gasteiger partial charge in [0.1, 0.15) is 10.7 Å². The molecule has 0 unspecified atom stereocenters. The molecule has 1 aromatic heterocycles. The summed E-state index contributed by atoms with van der Waals surface area (Å²) >= 11 is 1.47. The quantitative estimate of drug-likeness (QED) is 0.886. The molecule has 7 heteroatoms. The molecule has 0 atom stereocenters. The molecule has 0 saturated heterocycles. The molecule has 1 aromatic carbocycles. The Bertz CT molecular complexity index is 700. The standard InChI is InChI=1S/C14H17FN2O2S2/c1-16-9-11-5-6-13(15)14(8-11)21(18,19)17(2)10-12-4-3-7-20-12/h3-8,16H,9-10H2,1-2H3. The summed E-state index contributed by atoms with van der Waals surface area (Å²) in [5.41, 5.74) is 0.724. The number of nitrogens with one attached hydrogen (secondary N) is 1. The highest BCUT2D eigenvalue weighted by Crippen LogP contribution is 2.22. The van der Waals surface area contributed by atoms with Crippen molar-refractivity contribution >= 4 is 21.4 Å². The molecule has 21 heavy (non-hydrogen) atoms. The SMILES string of the molecule is CNCc1ccc(F)c(S(=O)(=O)N(C)Cc2cccs2)c1. The zero-order valence-electron chi connectivity index (χ0n) is 11.8. The number of hydrogen-bond acceptors (Lipinski definition) is 4. The third-order valence-electron chi connectivity index (χ3n) is 3.02. The fourth-order valence-corrected chi connectivity index (χ4v) is 4.03. The minimum absolute atomic E-state index is 0.232. The van der Waals surface area contributed by atoms with Crippen LogP contribution in [0.1, 0.15) is 10.4 Å². The van der Waals surface area contributed by atoms with Gasteiger partial charge in [-0.1, -0.05) is 12.1 Å². The summed E-state index contributed by atoms with van der Waals surface area (Å²) in [6.45, 7) is 0.715. The Morgan fingerprint density at radius 1 is 1.33 bits per heavy atom. The van der Waals surface area contributed by atoms with E-state index in [2.05, 4.69) is 5.32 Å². The van der Waals surface area contributed by atoms with Crippen LogP contribution >= 0.6 is 11.3 Å². The van der Waals surface area contributed by atoms with Crippen LogP contribution in [-0.4, -0.2) is 26.8 Å². The van der Waals surface area contributed by atoms with Gasteiger partial charge in [-0.25, -0.2) is 12.8 Å². The van der Waals surface area contributed by atoms with Gasteiger partial charge in [-0.2, -0.15) is 4.31 Å². The van der Waals surface area contributed by atoms with Crippen LogP contribution in [0.2, 0.25) is 0 Å². The maximum Gasteiger partial charge on any atom is 0.246 e. The van der Waals surface area contributed by atoms with E-state index in [4.69, 9.17) is 0 Å². The van der Waals surface area contributed by atoms with Gasteiger partial charge in [-0.05, 0) is 36.2 Å². The molecule has 2 aromatic rings. The Kier molecular flexibility index (Phi) is 5.10. The second-order valence-electron chi connectivity index (χ2n) is 4.64. The van der Waals surface area contributed by atoms with Gasteiger partial charge in [0.15, 0.2) is 0 Å². The lowest BCUT2D eigenvalue weighted by atomic mass is 10.2. The maximum atomic E-state index is 13.9. The average molecular weight is 328 g/mol. The molecule has 4 nitrogen and oxygen atoms in total. The number of rotatable bonds is 6. The van der Waals surface area contributed by atoms with Crippen molar-refractivity contribution in [1.82, 2.24) is 9.62 Å². The van der Waals surface area contributed by atoms with Crippen molar-refractivity contribution in [2.45, 2.75) is 18.0 Å². The van der Waals surface area contributed by atoms with Gasteiger partial charge in [0.25, 0.3) is 0 Å². The molecule has 0 aliphatic carbocycles. The second-order valence-corrected chi connectivity index (χ2v) is 7.68. The van der Waals surface area contributed by atoms with Crippen LogP contribution in [0, 0.1) is 5.82 Å². The highest BCUT2D eigenvalue weighted by molar-refractivity contribution is 7.89. The normalized spacial score (nSPS) is 12.0. The van der Waals surface area contributed by atoms with Gasteiger partial charge < -0.3 is 5.32 Å². The lowest BCUT2D eigenvalue weighted by Gasteiger charge is -2.17. The Balaban J connectivity index is 2.31. The largest absolute Gasteiger partial charge is 0.316 e. The second kappa shape index (κ2) is 6.65. The first kappa shape index (κ1) is 16.1. The minimum Gasteiger partial charge on any atom is -0.316 e. The summed E-state index contributed by atoms with van der Waals surface area (Å²) in [6, 6.07) is 7.85. The van der Waals surface area contributed by atoms with Gasteiger partial charge in [-0.3, -0.25) is 0 Å². The zero-order chi connectivity index (χ0) is 15.5. The van der Waals surface area contributed by atoms with E-state index in [1.165, 1.54) is 34.8 Å². The molecule has 1 heterocycles. The van der Waals surface area contributed by atoms with E-state index in [0.29, 0.717) is 6.54 Å². The monoisotopic (exact) mass is 328 g/mol. The average Bonchev–Trinajstić information content (AvgIpc) is 2.94. The summed E-state index contributed by atoms with van der Waals surface area (Å²) in [7, 11) is -0.641. The molecule has 0 fully saturated rings. The van der Waals surface area contributed by atoms with Gasteiger partial charge >= 0.3 is 0 Å². The van der Waals surface area contributed by atoms with Crippen LogP contribution in [0.25, 0.3) is 0 Å². The first-order valence-electron chi connectivity index (χ1n) is 6.37. The highest BCUT2D eigenvalue weighted by atomic mass is 32.2. The predicted octanol–water partition coefficient (Wildman–Crippen LogP) is 2.43. The molecule has 2 rings (SSSR count).